The maximum absolute atomic E-state index is 6.45. The summed E-state index contributed by atoms with van der Waals surface area (Å²) in [6, 6.07) is 29.3. The maximum Gasteiger partial charge on any atom is 0.207 e. The zero-order chi connectivity index (χ0) is 20.3. The monoisotopic (exact) mass is 428 g/mol. The molecule has 0 amide bonds. The third-order valence-electron chi connectivity index (χ3n) is 5.07. The highest BCUT2D eigenvalue weighted by molar-refractivity contribution is 8.00. The molecular formula is C24H20N4S2. The molecule has 5 rings (SSSR count). The molecule has 0 bridgehead atoms. The Kier molecular flexibility index (Phi) is 5.36. The number of aromatic nitrogens is 2. The molecule has 4 aromatic carbocycles. The van der Waals surface area contributed by atoms with Gasteiger partial charge < -0.3 is 11.1 Å². The quantitative estimate of drug-likeness (QED) is 0.249. The lowest BCUT2D eigenvalue weighted by Gasteiger charge is -2.15. The predicted molar refractivity (Wildman–Crippen MR) is 128 cm³/mol. The summed E-state index contributed by atoms with van der Waals surface area (Å²) in [5, 5.41) is 17.5. The van der Waals surface area contributed by atoms with Crippen molar-refractivity contribution in [2.75, 3.05) is 5.32 Å². The van der Waals surface area contributed by atoms with Crippen molar-refractivity contribution in [3.05, 3.63) is 96.1 Å². The zero-order valence-electron chi connectivity index (χ0n) is 16.2. The molecule has 0 fully saturated rings. The predicted octanol–water partition coefficient (Wildman–Crippen LogP) is 6.21. The fourth-order valence-electron chi connectivity index (χ4n) is 3.62. The van der Waals surface area contributed by atoms with E-state index in [0.717, 1.165) is 26.2 Å². The second kappa shape index (κ2) is 8.44. The topological polar surface area (TPSA) is 63.8 Å². The third-order valence-corrected chi connectivity index (χ3v) is 7.11. The second-order valence-electron chi connectivity index (χ2n) is 6.99. The van der Waals surface area contributed by atoms with Crippen molar-refractivity contribution in [3.63, 3.8) is 0 Å². The van der Waals surface area contributed by atoms with Crippen molar-refractivity contribution in [2.45, 2.75) is 16.3 Å². The molecule has 4 nitrogen and oxygen atoms in total. The van der Waals surface area contributed by atoms with E-state index in [0.29, 0.717) is 0 Å². The molecule has 5 aromatic rings. The number of thioether (sulfide) groups is 1. The molecule has 1 heterocycles. The molecule has 0 radical (unpaired) electrons. The molecule has 1 atom stereocenters. The van der Waals surface area contributed by atoms with Gasteiger partial charge >= 0.3 is 0 Å². The van der Waals surface area contributed by atoms with E-state index in [1.165, 1.54) is 33.1 Å². The van der Waals surface area contributed by atoms with Crippen molar-refractivity contribution in [1.29, 1.82) is 0 Å². The Morgan fingerprint density at radius 2 is 1.47 bits per heavy atom. The number of benzene rings is 4. The van der Waals surface area contributed by atoms with Crippen molar-refractivity contribution >= 4 is 49.8 Å². The van der Waals surface area contributed by atoms with Gasteiger partial charge in [-0.15, -0.1) is 10.2 Å². The molecule has 1 aromatic heterocycles. The molecule has 30 heavy (non-hydrogen) atoms. The van der Waals surface area contributed by atoms with Crippen LogP contribution in [0.5, 0.6) is 0 Å². The van der Waals surface area contributed by atoms with Crippen LogP contribution in [0.25, 0.3) is 21.5 Å². The van der Waals surface area contributed by atoms with E-state index in [2.05, 4.69) is 82.2 Å². The number of anilines is 1. The van der Waals surface area contributed by atoms with Crippen LogP contribution in [-0.4, -0.2) is 10.2 Å². The fraction of sp³-hybridized carbons (Fsp3) is 0.0833. The Balaban J connectivity index is 1.30. The van der Waals surface area contributed by atoms with E-state index in [1.54, 1.807) is 11.8 Å². The fourth-order valence-corrected chi connectivity index (χ4v) is 5.41. The van der Waals surface area contributed by atoms with Crippen molar-refractivity contribution in [1.82, 2.24) is 10.2 Å². The van der Waals surface area contributed by atoms with Gasteiger partial charge in [0.25, 0.3) is 0 Å². The van der Waals surface area contributed by atoms with Crippen molar-refractivity contribution < 1.29 is 0 Å². The second-order valence-corrected chi connectivity index (χ2v) is 9.19. The third kappa shape index (κ3) is 3.89. The van der Waals surface area contributed by atoms with E-state index in [4.69, 9.17) is 5.73 Å². The van der Waals surface area contributed by atoms with Gasteiger partial charge in [-0.1, -0.05) is 108 Å². The molecule has 0 aliphatic carbocycles. The average molecular weight is 429 g/mol. The van der Waals surface area contributed by atoms with Crippen LogP contribution in [0.4, 0.5) is 5.13 Å². The number of fused-ring (bicyclic) bond motifs is 2. The highest BCUT2D eigenvalue weighted by Gasteiger charge is 2.13. The standard InChI is InChI=1S/C24H20N4S2/c25-22(21-14-6-10-17-8-2-4-13-20(17)21)26-23-27-28-24(30-23)29-15-18-11-5-9-16-7-1-3-12-19(16)18/h1-14,22H,15,25H2,(H,26,27). The molecule has 6 heteroatoms. The first-order chi connectivity index (χ1) is 14.8. The zero-order valence-corrected chi connectivity index (χ0v) is 17.8. The number of hydrogen-bond acceptors (Lipinski definition) is 6. The lowest BCUT2D eigenvalue weighted by molar-refractivity contribution is 0.834. The number of rotatable bonds is 6. The normalized spacial score (nSPS) is 12.3. The van der Waals surface area contributed by atoms with Crippen molar-refractivity contribution in [2.24, 2.45) is 5.73 Å². The van der Waals surface area contributed by atoms with E-state index < -0.39 is 0 Å². The van der Waals surface area contributed by atoms with Crippen LogP contribution in [0.1, 0.15) is 17.3 Å². The van der Waals surface area contributed by atoms with Gasteiger partial charge in [0.05, 0.1) is 0 Å². The highest BCUT2D eigenvalue weighted by atomic mass is 32.2. The summed E-state index contributed by atoms with van der Waals surface area (Å²) in [6.07, 6.45) is -0.347. The van der Waals surface area contributed by atoms with Gasteiger partial charge in [0.2, 0.25) is 5.13 Å². The molecule has 148 valence electrons. The Bertz CT molecular complexity index is 1300. The smallest absolute Gasteiger partial charge is 0.207 e. The Morgan fingerprint density at radius 1 is 0.800 bits per heavy atom. The Hall–Kier alpha value is -2.93. The van der Waals surface area contributed by atoms with E-state index in [-0.39, 0.29) is 6.17 Å². The minimum Gasteiger partial charge on any atom is -0.341 e. The first kappa shape index (κ1) is 19.1. The minimum atomic E-state index is -0.347. The number of nitrogens with zero attached hydrogens (tertiary/aromatic N) is 2. The van der Waals surface area contributed by atoms with Gasteiger partial charge in [-0.3, -0.25) is 0 Å². The first-order valence-electron chi connectivity index (χ1n) is 9.71. The molecule has 0 aliphatic rings. The Labute approximate surface area is 183 Å². The van der Waals surface area contributed by atoms with Gasteiger partial charge in [0, 0.05) is 5.75 Å². The highest BCUT2D eigenvalue weighted by Crippen LogP contribution is 2.32. The largest absolute Gasteiger partial charge is 0.341 e. The average Bonchev–Trinajstić information content (AvgIpc) is 3.24. The lowest BCUT2D eigenvalue weighted by Crippen LogP contribution is -2.20. The molecule has 0 spiro atoms. The summed E-state index contributed by atoms with van der Waals surface area (Å²) < 4.78 is 0.926. The van der Waals surface area contributed by atoms with Gasteiger partial charge in [-0.2, -0.15) is 0 Å². The molecule has 1 unspecified atom stereocenters. The summed E-state index contributed by atoms with van der Waals surface area (Å²) in [5.74, 6) is 0.853. The molecule has 0 saturated heterocycles. The summed E-state index contributed by atoms with van der Waals surface area (Å²) in [4.78, 5) is 0. The van der Waals surface area contributed by atoms with Crippen LogP contribution in [0.3, 0.4) is 0 Å². The van der Waals surface area contributed by atoms with Gasteiger partial charge in [0.15, 0.2) is 4.34 Å². The van der Waals surface area contributed by atoms with E-state index >= 15 is 0 Å². The van der Waals surface area contributed by atoms with Gasteiger partial charge in [-0.25, -0.2) is 0 Å². The van der Waals surface area contributed by atoms with E-state index in [9.17, 15) is 0 Å². The number of nitrogens with one attached hydrogen (secondary N) is 1. The molecule has 3 N–H and O–H groups in total. The summed E-state index contributed by atoms with van der Waals surface area (Å²) >= 11 is 3.23. The molecule has 0 aliphatic heterocycles. The molecule has 0 saturated carbocycles. The first-order valence-corrected chi connectivity index (χ1v) is 11.5. The lowest BCUT2D eigenvalue weighted by atomic mass is 10.0. The Morgan fingerprint density at radius 3 is 2.30 bits per heavy atom. The van der Waals surface area contributed by atoms with Crippen molar-refractivity contribution in [3.8, 4) is 0 Å². The van der Waals surface area contributed by atoms with Crippen LogP contribution in [0, 0.1) is 0 Å². The number of hydrogen-bond donors (Lipinski definition) is 2. The van der Waals surface area contributed by atoms with Gasteiger partial charge in [-0.05, 0) is 32.7 Å². The molecular weight excluding hydrogens is 408 g/mol. The van der Waals surface area contributed by atoms with Crippen LogP contribution < -0.4 is 11.1 Å². The summed E-state index contributed by atoms with van der Waals surface area (Å²) in [7, 11) is 0. The SMILES string of the molecule is NC(Nc1nnc(SCc2cccc3ccccc23)s1)c1cccc2ccccc12. The van der Waals surface area contributed by atoms with Crippen LogP contribution in [0.2, 0.25) is 0 Å². The van der Waals surface area contributed by atoms with Crippen LogP contribution in [-0.2, 0) is 5.75 Å². The van der Waals surface area contributed by atoms with Crippen LogP contribution >= 0.6 is 23.1 Å². The van der Waals surface area contributed by atoms with Gasteiger partial charge in [0.1, 0.15) is 6.17 Å². The number of nitrogens with two attached hydrogens (primary N) is 1. The van der Waals surface area contributed by atoms with E-state index in [1.807, 2.05) is 18.2 Å². The maximum atomic E-state index is 6.45. The minimum absolute atomic E-state index is 0.347. The summed E-state index contributed by atoms with van der Waals surface area (Å²) in [5.41, 5.74) is 8.80. The summed E-state index contributed by atoms with van der Waals surface area (Å²) in [6.45, 7) is 0. The van der Waals surface area contributed by atoms with Crippen LogP contribution in [0.15, 0.2) is 89.3 Å².